The highest BCUT2D eigenvalue weighted by Gasteiger charge is 2.19. The maximum Gasteiger partial charge on any atom is 0.240 e. The van der Waals surface area contributed by atoms with Gasteiger partial charge in [0.15, 0.2) is 0 Å². The Kier molecular flexibility index (Phi) is 7.11. The first-order chi connectivity index (χ1) is 8.40. The number of rotatable bonds is 5. The first-order valence-electron chi connectivity index (χ1n) is 5.74. The van der Waals surface area contributed by atoms with Gasteiger partial charge in [0, 0.05) is 13.6 Å². The number of nitrogens with zero attached hydrogens (tertiary/aromatic N) is 1. The van der Waals surface area contributed by atoms with E-state index >= 15 is 0 Å². The Morgan fingerprint density at radius 2 is 1.79 bits per heavy atom. The van der Waals surface area contributed by atoms with Gasteiger partial charge < -0.3 is 16.4 Å². The molecule has 0 saturated carbocycles. The topological polar surface area (TPSA) is 89.4 Å². The number of likely N-dealkylation sites (N-methyl/N-ethyl adjacent to an activating group) is 1. The zero-order valence-electron chi connectivity index (χ0n) is 11.1. The van der Waals surface area contributed by atoms with Crippen LogP contribution in [0.5, 0.6) is 0 Å². The van der Waals surface area contributed by atoms with Gasteiger partial charge in [0.05, 0.1) is 12.5 Å². The van der Waals surface area contributed by atoms with Gasteiger partial charge in [-0.1, -0.05) is 29.8 Å². The molecule has 0 bridgehead atoms. The summed E-state index contributed by atoms with van der Waals surface area (Å²) in [5.41, 5.74) is 12.8. The van der Waals surface area contributed by atoms with Crippen LogP contribution in [0.3, 0.4) is 0 Å². The van der Waals surface area contributed by atoms with E-state index in [4.69, 9.17) is 11.5 Å². The molecule has 1 rings (SSSR count). The highest BCUT2D eigenvalue weighted by atomic mass is 35.5. The quantitative estimate of drug-likeness (QED) is 0.829. The molecule has 1 aromatic carbocycles. The summed E-state index contributed by atoms with van der Waals surface area (Å²) in [6, 6.07) is 7.02. The lowest BCUT2D eigenvalue weighted by molar-refractivity contribution is -0.133. The molecule has 0 aliphatic heterocycles. The first-order valence-corrected chi connectivity index (χ1v) is 5.74. The van der Waals surface area contributed by atoms with Crippen LogP contribution in [0.1, 0.15) is 17.5 Å². The number of amides is 2. The summed E-state index contributed by atoms with van der Waals surface area (Å²) in [6.07, 6.45) is -0.128. The van der Waals surface area contributed by atoms with E-state index in [1.165, 1.54) is 4.90 Å². The molecule has 106 valence electrons. The van der Waals surface area contributed by atoms with Gasteiger partial charge in [-0.2, -0.15) is 0 Å². The van der Waals surface area contributed by atoms with E-state index in [9.17, 15) is 9.59 Å². The van der Waals surface area contributed by atoms with Crippen LogP contribution in [0, 0.1) is 6.92 Å². The fourth-order valence-electron chi connectivity index (χ4n) is 1.63. The fourth-order valence-corrected chi connectivity index (χ4v) is 1.63. The second kappa shape index (κ2) is 7.76. The van der Waals surface area contributed by atoms with Crippen molar-refractivity contribution in [3.8, 4) is 0 Å². The third-order valence-electron chi connectivity index (χ3n) is 2.65. The van der Waals surface area contributed by atoms with Crippen molar-refractivity contribution >= 4 is 24.2 Å². The summed E-state index contributed by atoms with van der Waals surface area (Å²) in [4.78, 5) is 24.0. The van der Waals surface area contributed by atoms with Crippen molar-refractivity contribution in [1.82, 2.24) is 4.90 Å². The molecule has 0 spiro atoms. The van der Waals surface area contributed by atoms with Crippen LogP contribution in [-0.4, -0.2) is 29.8 Å². The van der Waals surface area contributed by atoms with Crippen molar-refractivity contribution in [2.24, 2.45) is 11.5 Å². The molecular weight excluding hydrogens is 266 g/mol. The van der Waals surface area contributed by atoms with Crippen molar-refractivity contribution in [1.29, 1.82) is 0 Å². The highest BCUT2D eigenvalue weighted by Crippen LogP contribution is 2.07. The van der Waals surface area contributed by atoms with Crippen LogP contribution in [0.25, 0.3) is 0 Å². The lowest BCUT2D eigenvalue weighted by Crippen LogP contribution is -2.43. The van der Waals surface area contributed by atoms with E-state index < -0.39 is 11.9 Å². The molecule has 0 aliphatic rings. The van der Waals surface area contributed by atoms with Gasteiger partial charge in [-0.05, 0) is 12.5 Å². The molecule has 0 radical (unpaired) electrons. The lowest BCUT2D eigenvalue weighted by atomic mass is 10.1. The van der Waals surface area contributed by atoms with Crippen molar-refractivity contribution in [3.63, 3.8) is 0 Å². The maximum absolute atomic E-state index is 11.8. The number of primary amides is 1. The van der Waals surface area contributed by atoms with E-state index in [1.807, 2.05) is 31.2 Å². The summed E-state index contributed by atoms with van der Waals surface area (Å²) in [5, 5.41) is 0. The van der Waals surface area contributed by atoms with E-state index in [1.54, 1.807) is 7.05 Å². The molecule has 2 amide bonds. The third-order valence-corrected chi connectivity index (χ3v) is 2.65. The van der Waals surface area contributed by atoms with E-state index in [0.717, 1.165) is 11.1 Å². The number of aryl methyl sites for hydroxylation is 1. The van der Waals surface area contributed by atoms with Gasteiger partial charge >= 0.3 is 0 Å². The maximum atomic E-state index is 11.8. The standard InChI is InChI=1S/C13H19N3O2.ClH/c1-9-3-5-10(6-4-9)8-16(2)13(18)11(14)7-12(15)17;/h3-6,11H,7-8,14H2,1-2H3,(H2,15,17);1H. The molecule has 4 N–H and O–H groups in total. The second-order valence-corrected chi connectivity index (χ2v) is 4.46. The average Bonchev–Trinajstić information content (AvgIpc) is 2.30. The van der Waals surface area contributed by atoms with Gasteiger partial charge in [0.25, 0.3) is 0 Å². The number of nitrogens with two attached hydrogens (primary N) is 2. The molecular formula is C13H20ClN3O2. The number of benzene rings is 1. The molecule has 0 saturated heterocycles. The van der Waals surface area contributed by atoms with Crippen molar-refractivity contribution in [2.45, 2.75) is 25.9 Å². The fraction of sp³-hybridized carbons (Fsp3) is 0.385. The highest BCUT2D eigenvalue weighted by molar-refractivity contribution is 5.87. The van der Waals surface area contributed by atoms with E-state index in [0.29, 0.717) is 6.54 Å². The number of hydrogen-bond donors (Lipinski definition) is 2. The number of hydrogen-bond acceptors (Lipinski definition) is 3. The van der Waals surface area contributed by atoms with Crippen LogP contribution >= 0.6 is 12.4 Å². The second-order valence-electron chi connectivity index (χ2n) is 4.46. The van der Waals surface area contributed by atoms with Gasteiger partial charge in [-0.15, -0.1) is 12.4 Å². The zero-order chi connectivity index (χ0) is 13.7. The molecule has 0 heterocycles. The SMILES string of the molecule is Cc1ccc(CN(C)C(=O)C(N)CC(N)=O)cc1.Cl. The summed E-state index contributed by atoms with van der Waals surface area (Å²) >= 11 is 0. The molecule has 0 aromatic heterocycles. The molecule has 0 aliphatic carbocycles. The Morgan fingerprint density at radius 1 is 1.26 bits per heavy atom. The smallest absolute Gasteiger partial charge is 0.240 e. The monoisotopic (exact) mass is 285 g/mol. The van der Waals surface area contributed by atoms with Gasteiger partial charge in [0.1, 0.15) is 0 Å². The van der Waals surface area contributed by atoms with Crippen molar-refractivity contribution in [3.05, 3.63) is 35.4 Å². The number of carbonyl (C=O) groups is 2. The third kappa shape index (κ3) is 5.72. The Balaban J connectivity index is 0.00000324. The van der Waals surface area contributed by atoms with Crippen LogP contribution < -0.4 is 11.5 Å². The predicted octanol–water partition coefficient (Wildman–Crippen LogP) is 0.578. The minimum atomic E-state index is -0.863. The Hall–Kier alpha value is -1.59. The molecule has 1 atom stereocenters. The summed E-state index contributed by atoms with van der Waals surface area (Å²) < 4.78 is 0. The number of carbonyl (C=O) groups excluding carboxylic acids is 2. The minimum absolute atomic E-state index is 0. The summed E-state index contributed by atoms with van der Waals surface area (Å²) in [6.45, 7) is 2.47. The van der Waals surface area contributed by atoms with Gasteiger partial charge in [-0.25, -0.2) is 0 Å². The predicted molar refractivity (Wildman–Crippen MR) is 76.7 cm³/mol. The normalized spacial score (nSPS) is 11.3. The Bertz CT molecular complexity index is 434. The summed E-state index contributed by atoms with van der Waals surface area (Å²) in [5.74, 6) is -0.853. The first kappa shape index (κ1) is 17.4. The van der Waals surface area contributed by atoms with Crippen LogP contribution in [0.15, 0.2) is 24.3 Å². The lowest BCUT2D eigenvalue weighted by Gasteiger charge is -2.20. The number of halogens is 1. The van der Waals surface area contributed by atoms with Crippen LogP contribution in [-0.2, 0) is 16.1 Å². The molecule has 1 unspecified atom stereocenters. The average molecular weight is 286 g/mol. The molecule has 6 heteroatoms. The molecule has 1 aromatic rings. The minimum Gasteiger partial charge on any atom is -0.370 e. The molecule has 5 nitrogen and oxygen atoms in total. The van der Waals surface area contributed by atoms with Crippen LogP contribution in [0.4, 0.5) is 0 Å². The largest absolute Gasteiger partial charge is 0.370 e. The Morgan fingerprint density at radius 3 is 2.26 bits per heavy atom. The van der Waals surface area contributed by atoms with Crippen molar-refractivity contribution < 1.29 is 9.59 Å². The molecule has 19 heavy (non-hydrogen) atoms. The van der Waals surface area contributed by atoms with Gasteiger partial charge in [0.2, 0.25) is 11.8 Å². The van der Waals surface area contributed by atoms with E-state index in [-0.39, 0.29) is 24.7 Å². The zero-order valence-corrected chi connectivity index (χ0v) is 11.9. The van der Waals surface area contributed by atoms with E-state index in [2.05, 4.69) is 0 Å². The Labute approximate surface area is 119 Å². The molecule has 0 fully saturated rings. The van der Waals surface area contributed by atoms with Crippen molar-refractivity contribution in [2.75, 3.05) is 7.05 Å². The summed E-state index contributed by atoms with van der Waals surface area (Å²) in [7, 11) is 1.66. The van der Waals surface area contributed by atoms with Crippen LogP contribution in [0.2, 0.25) is 0 Å². The van der Waals surface area contributed by atoms with Gasteiger partial charge in [-0.3, -0.25) is 9.59 Å².